The van der Waals surface area contributed by atoms with E-state index in [9.17, 15) is 23.3 Å². The van der Waals surface area contributed by atoms with Gasteiger partial charge in [0.15, 0.2) is 0 Å². The van der Waals surface area contributed by atoms with Crippen LogP contribution in [0.15, 0.2) is 48.5 Å². The van der Waals surface area contributed by atoms with E-state index in [2.05, 4.69) is 10.1 Å². The van der Waals surface area contributed by atoms with Crippen LogP contribution in [0.5, 0.6) is 5.75 Å². The molecule has 0 atom stereocenters. The second kappa shape index (κ2) is 5.70. The Bertz CT molecular complexity index is 645. The third-order valence-corrected chi connectivity index (χ3v) is 2.45. The summed E-state index contributed by atoms with van der Waals surface area (Å²) in [5, 5.41) is 13.7. The first-order valence-corrected chi connectivity index (χ1v) is 5.71. The molecule has 0 radical (unpaired) electrons. The van der Waals surface area contributed by atoms with E-state index in [0.717, 1.165) is 18.2 Å². The number of nitro groups is 1. The number of nitro benzene ring substituents is 1. The minimum absolute atomic E-state index is 0.0701. The fourth-order valence-electron chi connectivity index (χ4n) is 1.64. The summed E-state index contributed by atoms with van der Waals surface area (Å²) in [5.41, 5.74) is 0.131. The zero-order valence-corrected chi connectivity index (χ0v) is 10.4. The molecule has 0 spiro atoms. The van der Waals surface area contributed by atoms with Crippen LogP contribution in [0.1, 0.15) is 0 Å². The van der Waals surface area contributed by atoms with Gasteiger partial charge in [0.1, 0.15) is 11.4 Å². The maximum atomic E-state index is 12.1. The first-order chi connectivity index (χ1) is 9.85. The lowest BCUT2D eigenvalue weighted by atomic mass is 10.2. The third kappa shape index (κ3) is 4.10. The minimum atomic E-state index is -4.90. The van der Waals surface area contributed by atoms with E-state index >= 15 is 0 Å². The molecule has 0 aliphatic rings. The molecule has 0 fully saturated rings. The molecule has 5 nitrogen and oxygen atoms in total. The molecule has 0 saturated heterocycles. The normalized spacial score (nSPS) is 11.0. The number of para-hydroxylation sites is 1. The topological polar surface area (TPSA) is 64.4 Å². The molecular weight excluding hydrogens is 289 g/mol. The predicted octanol–water partition coefficient (Wildman–Crippen LogP) is 4.24. The number of nitrogens with one attached hydrogen (secondary N) is 1. The monoisotopic (exact) mass is 298 g/mol. The molecule has 0 saturated carbocycles. The van der Waals surface area contributed by atoms with E-state index in [-0.39, 0.29) is 5.69 Å². The van der Waals surface area contributed by atoms with Gasteiger partial charge in [0, 0.05) is 5.69 Å². The highest BCUT2D eigenvalue weighted by Gasteiger charge is 2.32. The molecule has 0 bridgehead atoms. The van der Waals surface area contributed by atoms with Crippen molar-refractivity contribution in [3.8, 4) is 5.75 Å². The molecule has 1 N–H and O–H groups in total. The van der Waals surface area contributed by atoms with Gasteiger partial charge >= 0.3 is 6.36 Å². The highest BCUT2D eigenvalue weighted by atomic mass is 19.4. The van der Waals surface area contributed by atoms with E-state index in [4.69, 9.17) is 0 Å². The van der Waals surface area contributed by atoms with Crippen LogP contribution < -0.4 is 10.1 Å². The smallest absolute Gasteiger partial charge is 0.406 e. The van der Waals surface area contributed by atoms with Crippen LogP contribution >= 0.6 is 0 Å². The average Bonchev–Trinajstić information content (AvgIpc) is 2.40. The Morgan fingerprint density at radius 3 is 2.33 bits per heavy atom. The number of benzene rings is 2. The standard InChI is InChI=1S/C13H9F3N2O3/c14-13(15,16)21-10-6-7-11(12(8-10)18(19)20)17-9-4-2-1-3-5-9/h1-8,17H. The second-order valence-corrected chi connectivity index (χ2v) is 3.97. The lowest BCUT2D eigenvalue weighted by molar-refractivity contribution is -0.384. The van der Waals surface area contributed by atoms with Gasteiger partial charge in [-0.05, 0) is 24.3 Å². The number of hydrogen-bond acceptors (Lipinski definition) is 4. The predicted molar refractivity (Wildman–Crippen MR) is 69.5 cm³/mol. The maximum absolute atomic E-state index is 12.1. The van der Waals surface area contributed by atoms with Gasteiger partial charge in [-0.25, -0.2) is 0 Å². The van der Waals surface area contributed by atoms with E-state index < -0.39 is 22.7 Å². The zero-order chi connectivity index (χ0) is 15.5. The average molecular weight is 298 g/mol. The summed E-state index contributed by atoms with van der Waals surface area (Å²) in [7, 11) is 0. The summed E-state index contributed by atoms with van der Waals surface area (Å²) in [6, 6.07) is 11.4. The Morgan fingerprint density at radius 1 is 1.10 bits per heavy atom. The van der Waals surface area contributed by atoms with E-state index in [1.54, 1.807) is 30.3 Å². The molecule has 0 aliphatic heterocycles. The third-order valence-electron chi connectivity index (χ3n) is 2.45. The quantitative estimate of drug-likeness (QED) is 0.677. The van der Waals surface area contributed by atoms with Gasteiger partial charge in [0.05, 0.1) is 11.0 Å². The largest absolute Gasteiger partial charge is 0.573 e. The lowest BCUT2D eigenvalue weighted by Crippen LogP contribution is -2.17. The van der Waals surface area contributed by atoms with Crippen molar-refractivity contribution in [2.75, 3.05) is 5.32 Å². The van der Waals surface area contributed by atoms with Crippen molar-refractivity contribution in [2.45, 2.75) is 6.36 Å². The fourth-order valence-corrected chi connectivity index (χ4v) is 1.64. The summed E-state index contributed by atoms with van der Waals surface area (Å²) in [4.78, 5) is 10.2. The van der Waals surface area contributed by atoms with Gasteiger partial charge in [0.2, 0.25) is 0 Å². The van der Waals surface area contributed by atoms with Crippen molar-refractivity contribution >= 4 is 17.1 Å². The van der Waals surface area contributed by atoms with Gasteiger partial charge in [-0.3, -0.25) is 10.1 Å². The maximum Gasteiger partial charge on any atom is 0.573 e. The summed E-state index contributed by atoms with van der Waals surface area (Å²) in [6.45, 7) is 0. The van der Waals surface area contributed by atoms with E-state index in [1.165, 1.54) is 0 Å². The SMILES string of the molecule is O=[N+]([O-])c1cc(OC(F)(F)F)ccc1Nc1ccccc1. The number of nitrogens with zero attached hydrogens (tertiary/aromatic N) is 1. The molecule has 0 aliphatic carbocycles. The van der Waals surface area contributed by atoms with Gasteiger partial charge in [0.25, 0.3) is 5.69 Å². The van der Waals surface area contributed by atoms with Crippen LogP contribution in [-0.2, 0) is 0 Å². The summed E-state index contributed by atoms with van der Waals surface area (Å²) >= 11 is 0. The molecule has 2 aromatic carbocycles. The van der Waals surface area contributed by atoms with Crippen LogP contribution in [0.25, 0.3) is 0 Å². The van der Waals surface area contributed by atoms with Crippen LogP contribution in [0, 0.1) is 10.1 Å². The van der Waals surface area contributed by atoms with E-state index in [1.807, 2.05) is 0 Å². The van der Waals surface area contributed by atoms with Crippen molar-refractivity contribution in [1.82, 2.24) is 0 Å². The first kappa shape index (κ1) is 14.6. The molecule has 2 rings (SSSR count). The van der Waals surface area contributed by atoms with Crippen molar-refractivity contribution in [2.24, 2.45) is 0 Å². The minimum Gasteiger partial charge on any atom is -0.406 e. The molecule has 0 amide bonds. The first-order valence-electron chi connectivity index (χ1n) is 5.71. The van der Waals surface area contributed by atoms with Crippen molar-refractivity contribution in [3.05, 3.63) is 58.6 Å². The number of hydrogen-bond donors (Lipinski definition) is 1. The molecular formula is C13H9F3N2O3. The molecule has 110 valence electrons. The van der Waals surface area contributed by atoms with Crippen molar-refractivity contribution in [1.29, 1.82) is 0 Å². The molecule has 0 aromatic heterocycles. The summed E-state index contributed by atoms with van der Waals surface area (Å²) in [6.07, 6.45) is -4.90. The molecule has 0 unspecified atom stereocenters. The Hall–Kier alpha value is -2.77. The Labute approximate surface area is 117 Å². The van der Waals surface area contributed by atoms with Crippen LogP contribution in [0.4, 0.5) is 30.2 Å². The van der Waals surface area contributed by atoms with Crippen molar-refractivity contribution < 1.29 is 22.8 Å². The Morgan fingerprint density at radius 2 is 1.76 bits per heavy atom. The van der Waals surface area contributed by atoms with Crippen LogP contribution in [0.2, 0.25) is 0 Å². The lowest BCUT2D eigenvalue weighted by Gasteiger charge is -2.11. The molecule has 0 heterocycles. The second-order valence-electron chi connectivity index (χ2n) is 3.97. The molecule has 21 heavy (non-hydrogen) atoms. The van der Waals surface area contributed by atoms with Crippen LogP contribution in [0.3, 0.4) is 0 Å². The van der Waals surface area contributed by atoms with E-state index in [0.29, 0.717) is 5.69 Å². The van der Waals surface area contributed by atoms with Gasteiger partial charge in [-0.2, -0.15) is 0 Å². The van der Waals surface area contributed by atoms with Gasteiger partial charge in [-0.1, -0.05) is 18.2 Å². The Kier molecular flexibility index (Phi) is 3.97. The number of halogens is 3. The van der Waals surface area contributed by atoms with Crippen LogP contribution in [-0.4, -0.2) is 11.3 Å². The zero-order valence-electron chi connectivity index (χ0n) is 10.4. The summed E-state index contributed by atoms with van der Waals surface area (Å²) < 4.78 is 40.0. The number of anilines is 2. The highest BCUT2D eigenvalue weighted by Crippen LogP contribution is 2.33. The van der Waals surface area contributed by atoms with Gasteiger partial charge in [-0.15, -0.1) is 13.2 Å². The number of ether oxygens (including phenoxy) is 1. The highest BCUT2D eigenvalue weighted by molar-refractivity contribution is 5.70. The van der Waals surface area contributed by atoms with Gasteiger partial charge < -0.3 is 10.1 Å². The summed E-state index contributed by atoms with van der Waals surface area (Å²) in [5.74, 6) is -0.646. The molecule has 8 heteroatoms. The molecule has 2 aromatic rings. The van der Waals surface area contributed by atoms with Crippen molar-refractivity contribution in [3.63, 3.8) is 0 Å². The number of alkyl halides is 3. The number of rotatable bonds is 4. The Balaban J connectivity index is 2.31. The fraction of sp³-hybridized carbons (Fsp3) is 0.0769.